The van der Waals surface area contributed by atoms with E-state index in [4.69, 9.17) is 0 Å². The van der Waals surface area contributed by atoms with Gasteiger partial charge in [-0.05, 0) is 79.6 Å². The van der Waals surface area contributed by atoms with Gasteiger partial charge in [0.25, 0.3) is 11.7 Å². The molecule has 0 saturated carbocycles. The van der Waals surface area contributed by atoms with Gasteiger partial charge in [-0.15, -0.1) is 0 Å². The number of aliphatic hydroxyl groups excluding tert-OH is 1. The third-order valence-corrected chi connectivity index (χ3v) is 6.44. The number of nitrogens with one attached hydrogen (secondary N) is 1. The average molecular weight is 493 g/mol. The molecule has 0 bridgehead atoms. The molecule has 6 heteroatoms. The summed E-state index contributed by atoms with van der Waals surface area (Å²) in [6, 6.07) is 27.6. The zero-order chi connectivity index (χ0) is 26.1. The maximum absolute atomic E-state index is 13.9. The summed E-state index contributed by atoms with van der Waals surface area (Å²) in [6.45, 7) is 3.50. The standard InChI is InChI=1S/C31H25FN2O3/c1-19-7-6-8-21(17-19)28-27(29(35)22-11-16-26(32)20(2)18-22)30(36)31(37)34(28)25-14-12-24(13-15-25)33-23-9-4-3-5-10-23/h3-18,28,33,35H,1-2H3/b29-27-. The van der Waals surface area contributed by atoms with Crippen LogP contribution in [0.25, 0.3) is 5.76 Å². The Morgan fingerprint density at radius 3 is 2.22 bits per heavy atom. The summed E-state index contributed by atoms with van der Waals surface area (Å²) < 4.78 is 13.9. The molecule has 1 fully saturated rings. The second-order valence-corrected chi connectivity index (χ2v) is 9.09. The summed E-state index contributed by atoms with van der Waals surface area (Å²) in [7, 11) is 0. The van der Waals surface area contributed by atoms with E-state index in [1.807, 2.05) is 73.7 Å². The van der Waals surface area contributed by atoms with Gasteiger partial charge in [0.15, 0.2) is 0 Å². The van der Waals surface area contributed by atoms with Crippen LogP contribution in [0.1, 0.15) is 28.3 Å². The molecule has 4 aromatic rings. The van der Waals surface area contributed by atoms with Crippen LogP contribution >= 0.6 is 0 Å². The lowest BCUT2D eigenvalue weighted by Crippen LogP contribution is -2.29. The lowest BCUT2D eigenvalue weighted by molar-refractivity contribution is -0.132. The van der Waals surface area contributed by atoms with Crippen LogP contribution in [0.3, 0.4) is 0 Å². The van der Waals surface area contributed by atoms with Crippen LogP contribution in [-0.2, 0) is 9.59 Å². The van der Waals surface area contributed by atoms with Crippen molar-refractivity contribution < 1.29 is 19.1 Å². The van der Waals surface area contributed by atoms with Crippen molar-refractivity contribution in [2.75, 3.05) is 10.2 Å². The van der Waals surface area contributed by atoms with Crippen molar-refractivity contribution in [1.82, 2.24) is 0 Å². The van der Waals surface area contributed by atoms with Crippen molar-refractivity contribution in [3.05, 3.63) is 131 Å². The summed E-state index contributed by atoms with van der Waals surface area (Å²) in [5, 5.41) is 14.5. The second-order valence-electron chi connectivity index (χ2n) is 9.09. The first-order chi connectivity index (χ1) is 17.8. The number of halogens is 1. The lowest BCUT2D eigenvalue weighted by Gasteiger charge is -2.26. The third kappa shape index (κ3) is 4.61. The predicted octanol–water partition coefficient (Wildman–Crippen LogP) is 6.81. The van der Waals surface area contributed by atoms with Crippen molar-refractivity contribution >= 4 is 34.5 Å². The van der Waals surface area contributed by atoms with Crippen LogP contribution in [-0.4, -0.2) is 16.8 Å². The fourth-order valence-electron chi connectivity index (χ4n) is 4.60. The van der Waals surface area contributed by atoms with E-state index < -0.39 is 23.5 Å². The Kier molecular flexibility index (Phi) is 6.32. The molecule has 1 aliphatic rings. The molecular formula is C31H25FN2O3. The highest BCUT2D eigenvalue weighted by Crippen LogP contribution is 2.42. The summed E-state index contributed by atoms with van der Waals surface area (Å²) in [6.07, 6.45) is 0. The molecular weight excluding hydrogens is 467 g/mol. The largest absolute Gasteiger partial charge is 0.507 e. The number of carbonyl (C=O) groups is 2. The number of nitrogens with zero attached hydrogens (tertiary/aromatic N) is 1. The zero-order valence-corrected chi connectivity index (χ0v) is 20.4. The second kappa shape index (κ2) is 9.74. The van der Waals surface area contributed by atoms with Crippen molar-refractivity contribution in [3.63, 3.8) is 0 Å². The van der Waals surface area contributed by atoms with Crippen molar-refractivity contribution in [1.29, 1.82) is 0 Å². The Bertz CT molecular complexity index is 1530. The minimum Gasteiger partial charge on any atom is -0.507 e. The molecule has 0 spiro atoms. The molecule has 184 valence electrons. The van der Waals surface area contributed by atoms with Crippen molar-refractivity contribution in [2.24, 2.45) is 0 Å². The smallest absolute Gasteiger partial charge is 0.300 e. The van der Waals surface area contributed by atoms with E-state index in [1.54, 1.807) is 19.1 Å². The Labute approximate surface area is 214 Å². The highest BCUT2D eigenvalue weighted by molar-refractivity contribution is 6.51. The Balaban J connectivity index is 1.60. The van der Waals surface area contributed by atoms with Gasteiger partial charge in [0.2, 0.25) is 0 Å². The predicted molar refractivity (Wildman–Crippen MR) is 143 cm³/mol. The first-order valence-corrected chi connectivity index (χ1v) is 11.9. The van der Waals surface area contributed by atoms with Crippen LogP contribution in [0, 0.1) is 19.7 Å². The minimum absolute atomic E-state index is 0.0342. The van der Waals surface area contributed by atoms with Gasteiger partial charge >= 0.3 is 0 Å². The number of anilines is 3. The number of amides is 1. The number of Topliss-reactive ketones (excluding diaryl/α,β-unsaturated/α-hetero) is 1. The quantitative estimate of drug-likeness (QED) is 0.182. The van der Waals surface area contributed by atoms with Gasteiger partial charge in [-0.25, -0.2) is 4.39 Å². The number of hydrogen-bond acceptors (Lipinski definition) is 4. The van der Waals surface area contributed by atoms with Crippen LogP contribution < -0.4 is 10.2 Å². The zero-order valence-electron chi connectivity index (χ0n) is 20.4. The van der Waals surface area contributed by atoms with Gasteiger partial charge in [0.05, 0.1) is 11.6 Å². The van der Waals surface area contributed by atoms with Crippen molar-refractivity contribution in [2.45, 2.75) is 19.9 Å². The topological polar surface area (TPSA) is 69.6 Å². The van der Waals surface area contributed by atoms with E-state index in [0.29, 0.717) is 16.8 Å². The number of hydrogen-bond donors (Lipinski definition) is 2. The molecule has 4 aromatic carbocycles. The van der Waals surface area contributed by atoms with Gasteiger partial charge in [0.1, 0.15) is 11.6 Å². The highest BCUT2D eigenvalue weighted by atomic mass is 19.1. The fourth-order valence-corrected chi connectivity index (χ4v) is 4.60. The number of benzene rings is 4. The monoisotopic (exact) mass is 492 g/mol. The SMILES string of the molecule is Cc1cccc(C2/C(=C(/O)c3ccc(F)c(C)c3)C(=O)C(=O)N2c2ccc(Nc3ccccc3)cc2)c1. The van der Waals surface area contributed by atoms with E-state index in [9.17, 15) is 19.1 Å². The highest BCUT2D eigenvalue weighted by Gasteiger charge is 2.47. The van der Waals surface area contributed by atoms with Crippen LogP contribution in [0.4, 0.5) is 21.5 Å². The average Bonchev–Trinajstić information content (AvgIpc) is 3.16. The summed E-state index contributed by atoms with van der Waals surface area (Å²) >= 11 is 0. The van der Waals surface area contributed by atoms with Gasteiger partial charge in [0, 0.05) is 22.6 Å². The van der Waals surface area contributed by atoms with E-state index in [1.165, 1.54) is 23.1 Å². The van der Waals surface area contributed by atoms with Gasteiger partial charge < -0.3 is 10.4 Å². The van der Waals surface area contributed by atoms with E-state index in [2.05, 4.69) is 5.32 Å². The van der Waals surface area contributed by atoms with Gasteiger partial charge in [-0.3, -0.25) is 14.5 Å². The van der Waals surface area contributed by atoms with Gasteiger partial charge in [-0.1, -0.05) is 48.0 Å². The van der Waals surface area contributed by atoms with Crippen molar-refractivity contribution in [3.8, 4) is 0 Å². The summed E-state index contributed by atoms with van der Waals surface area (Å²) in [5.74, 6) is -2.29. The number of aliphatic hydroxyl groups is 1. The van der Waals surface area contributed by atoms with Crippen LogP contribution in [0.15, 0.2) is 103 Å². The molecule has 0 aromatic heterocycles. The number of carbonyl (C=O) groups excluding carboxylic acids is 2. The maximum Gasteiger partial charge on any atom is 0.300 e. The first kappa shape index (κ1) is 24.0. The van der Waals surface area contributed by atoms with E-state index >= 15 is 0 Å². The maximum atomic E-state index is 13.9. The molecule has 0 radical (unpaired) electrons. The molecule has 5 rings (SSSR count). The molecule has 37 heavy (non-hydrogen) atoms. The molecule has 2 N–H and O–H groups in total. The van der Waals surface area contributed by atoms with E-state index in [0.717, 1.165) is 16.9 Å². The molecule has 0 aliphatic carbocycles. The van der Waals surface area contributed by atoms with Crippen LogP contribution in [0.5, 0.6) is 0 Å². The molecule has 1 aliphatic heterocycles. The third-order valence-electron chi connectivity index (χ3n) is 6.44. The lowest BCUT2D eigenvalue weighted by atomic mass is 9.94. The number of rotatable bonds is 5. The Hall–Kier alpha value is -4.71. The number of ketones is 1. The Morgan fingerprint density at radius 2 is 1.54 bits per heavy atom. The number of aryl methyl sites for hydroxylation is 2. The molecule has 1 atom stereocenters. The molecule has 5 nitrogen and oxygen atoms in total. The first-order valence-electron chi connectivity index (χ1n) is 11.9. The summed E-state index contributed by atoms with van der Waals surface area (Å²) in [5.41, 5.74) is 4.46. The summed E-state index contributed by atoms with van der Waals surface area (Å²) in [4.78, 5) is 28.1. The van der Waals surface area contributed by atoms with E-state index in [-0.39, 0.29) is 16.9 Å². The molecule has 1 amide bonds. The van der Waals surface area contributed by atoms with Crippen LogP contribution in [0.2, 0.25) is 0 Å². The fraction of sp³-hybridized carbons (Fsp3) is 0.0968. The molecule has 1 heterocycles. The van der Waals surface area contributed by atoms with Gasteiger partial charge in [-0.2, -0.15) is 0 Å². The normalized spacial score (nSPS) is 16.7. The Morgan fingerprint density at radius 1 is 0.838 bits per heavy atom. The minimum atomic E-state index is -0.849. The molecule has 1 saturated heterocycles. The number of para-hydroxylation sites is 1. The molecule has 1 unspecified atom stereocenters.